The van der Waals surface area contributed by atoms with Crippen LogP contribution in [0.15, 0.2) is 30.6 Å². The number of pyridine rings is 1. The molecule has 0 aliphatic rings. The van der Waals surface area contributed by atoms with Crippen LogP contribution in [0.3, 0.4) is 0 Å². The Morgan fingerprint density at radius 1 is 1.23 bits per heavy atom. The molecule has 2 rings (SSSR count). The van der Waals surface area contributed by atoms with Crippen LogP contribution in [0.25, 0.3) is 11.3 Å². The summed E-state index contributed by atoms with van der Waals surface area (Å²) in [6.45, 7) is 1.97. The van der Waals surface area contributed by atoms with Gasteiger partial charge in [0.15, 0.2) is 0 Å². The topological polar surface area (TPSA) is 30.7 Å². The molecule has 2 aromatic heterocycles. The zero-order chi connectivity index (χ0) is 9.26. The minimum atomic E-state index is 0.968. The molecule has 2 aromatic rings. The Hall–Kier alpha value is -1.64. The van der Waals surface area contributed by atoms with E-state index in [9.17, 15) is 0 Å². The molecule has 0 aromatic carbocycles. The van der Waals surface area contributed by atoms with Gasteiger partial charge in [0.25, 0.3) is 0 Å². The first-order valence-corrected chi connectivity index (χ1v) is 4.18. The number of aromatic nitrogens is 3. The van der Waals surface area contributed by atoms with Crippen molar-refractivity contribution in [3.63, 3.8) is 0 Å². The average Bonchev–Trinajstić information content (AvgIpc) is 2.53. The van der Waals surface area contributed by atoms with E-state index in [0.29, 0.717) is 0 Å². The number of nitrogens with zero attached hydrogens (tertiary/aromatic N) is 3. The van der Waals surface area contributed by atoms with E-state index in [4.69, 9.17) is 0 Å². The first-order chi connectivity index (χ1) is 6.25. The predicted molar refractivity (Wildman–Crippen MR) is 51.2 cm³/mol. The van der Waals surface area contributed by atoms with Crippen molar-refractivity contribution in [1.82, 2.24) is 14.8 Å². The smallest absolute Gasteiger partial charge is 0.0938 e. The van der Waals surface area contributed by atoms with Crippen LogP contribution in [0, 0.1) is 6.92 Å². The molecule has 2 heterocycles. The fourth-order valence-corrected chi connectivity index (χ4v) is 1.19. The maximum Gasteiger partial charge on any atom is 0.0938 e. The Balaban J connectivity index is 2.41. The summed E-state index contributed by atoms with van der Waals surface area (Å²) in [7, 11) is 1.91. The molecular weight excluding hydrogens is 162 g/mol. The molecule has 13 heavy (non-hydrogen) atoms. The van der Waals surface area contributed by atoms with E-state index in [1.165, 1.54) is 0 Å². The average molecular weight is 173 g/mol. The Morgan fingerprint density at radius 3 is 2.62 bits per heavy atom. The van der Waals surface area contributed by atoms with E-state index in [0.717, 1.165) is 17.0 Å². The molecule has 0 atom stereocenters. The van der Waals surface area contributed by atoms with Gasteiger partial charge in [0.1, 0.15) is 0 Å². The second kappa shape index (κ2) is 3.01. The van der Waals surface area contributed by atoms with E-state index in [1.54, 1.807) is 4.68 Å². The van der Waals surface area contributed by atoms with Crippen molar-refractivity contribution in [2.45, 2.75) is 6.92 Å². The van der Waals surface area contributed by atoms with Crippen molar-refractivity contribution in [2.24, 2.45) is 7.05 Å². The van der Waals surface area contributed by atoms with E-state index < -0.39 is 0 Å². The Labute approximate surface area is 77.0 Å². The van der Waals surface area contributed by atoms with Gasteiger partial charge in [-0.25, -0.2) is 0 Å². The van der Waals surface area contributed by atoms with Gasteiger partial charge in [-0.2, -0.15) is 5.10 Å². The van der Waals surface area contributed by atoms with E-state index >= 15 is 0 Å². The molecule has 0 aliphatic carbocycles. The molecule has 0 amide bonds. The molecule has 0 unspecified atom stereocenters. The molecular formula is C10H11N3. The predicted octanol–water partition coefficient (Wildman–Crippen LogP) is 1.79. The highest BCUT2D eigenvalue weighted by Gasteiger charge is 1.99. The number of hydrogen-bond acceptors (Lipinski definition) is 2. The van der Waals surface area contributed by atoms with Crippen LogP contribution in [0.1, 0.15) is 5.69 Å². The standard InChI is InChI=1S/C10H11N3/c1-8-3-4-9(7-11-8)10-5-6-13(2)12-10/h3-7H,1-2H3. The number of aryl methyl sites for hydroxylation is 2. The van der Waals surface area contributed by atoms with Gasteiger partial charge < -0.3 is 0 Å². The van der Waals surface area contributed by atoms with Gasteiger partial charge in [-0.3, -0.25) is 9.67 Å². The van der Waals surface area contributed by atoms with Gasteiger partial charge >= 0.3 is 0 Å². The molecule has 3 nitrogen and oxygen atoms in total. The fraction of sp³-hybridized carbons (Fsp3) is 0.200. The fourth-order valence-electron chi connectivity index (χ4n) is 1.19. The van der Waals surface area contributed by atoms with E-state index in [1.807, 2.05) is 44.6 Å². The van der Waals surface area contributed by atoms with Gasteiger partial charge in [0, 0.05) is 30.7 Å². The first kappa shape index (κ1) is 7.98. The highest BCUT2D eigenvalue weighted by Crippen LogP contribution is 2.14. The van der Waals surface area contributed by atoms with Crippen molar-refractivity contribution < 1.29 is 0 Å². The molecule has 66 valence electrons. The van der Waals surface area contributed by atoms with Gasteiger partial charge in [0.05, 0.1) is 5.69 Å². The summed E-state index contributed by atoms with van der Waals surface area (Å²) < 4.78 is 1.79. The third-order valence-electron chi connectivity index (χ3n) is 1.92. The molecule has 0 fully saturated rings. The molecule has 3 heteroatoms. The minimum absolute atomic E-state index is 0.968. The summed E-state index contributed by atoms with van der Waals surface area (Å²) in [6, 6.07) is 6.00. The van der Waals surface area contributed by atoms with Gasteiger partial charge in [0.2, 0.25) is 0 Å². The quantitative estimate of drug-likeness (QED) is 0.658. The summed E-state index contributed by atoms with van der Waals surface area (Å²) in [6.07, 6.45) is 3.77. The lowest BCUT2D eigenvalue weighted by atomic mass is 10.2. The van der Waals surface area contributed by atoms with Crippen LogP contribution < -0.4 is 0 Å². The van der Waals surface area contributed by atoms with Crippen molar-refractivity contribution >= 4 is 0 Å². The molecule has 0 radical (unpaired) electrons. The number of rotatable bonds is 1. The summed E-state index contributed by atoms with van der Waals surface area (Å²) in [5.74, 6) is 0. The third-order valence-corrected chi connectivity index (χ3v) is 1.92. The summed E-state index contributed by atoms with van der Waals surface area (Å²) in [5, 5.41) is 4.29. The second-order valence-electron chi connectivity index (χ2n) is 3.06. The highest BCUT2D eigenvalue weighted by atomic mass is 15.2. The van der Waals surface area contributed by atoms with Crippen LogP contribution in [0.5, 0.6) is 0 Å². The van der Waals surface area contributed by atoms with Gasteiger partial charge in [-0.1, -0.05) is 0 Å². The van der Waals surface area contributed by atoms with Crippen LogP contribution in [0.2, 0.25) is 0 Å². The molecule has 0 N–H and O–H groups in total. The third kappa shape index (κ3) is 1.59. The van der Waals surface area contributed by atoms with Gasteiger partial charge in [-0.05, 0) is 25.1 Å². The van der Waals surface area contributed by atoms with Crippen LogP contribution >= 0.6 is 0 Å². The van der Waals surface area contributed by atoms with Crippen molar-refractivity contribution in [3.8, 4) is 11.3 Å². The molecule has 0 spiro atoms. The molecule has 0 saturated carbocycles. The molecule has 0 aliphatic heterocycles. The summed E-state index contributed by atoms with van der Waals surface area (Å²) in [4.78, 5) is 4.22. The molecule has 0 bridgehead atoms. The molecule has 0 saturated heterocycles. The highest BCUT2D eigenvalue weighted by molar-refractivity contribution is 5.56. The largest absolute Gasteiger partial charge is 0.275 e. The van der Waals surface area contributed by atoms with Crippen molar-refractivity contribution in [3.05, 3.63) is 36.3 Å². The maximum absolute atomic E-state index is 4.29. The Kier molecular flexibility index (Phi) is 1.85. The lowest BCUT2D eigenvalue weighted by molar-refractivity contribution is 0.771. The number of hydrogen-bond donors (Lipinski definition) is 0. The van der Waals surface area contributed by atoms with Crippen LogP contribution in [-0.2, 0) is 7.05 Å². The van der Waals surface area contributed by atoms with Crippen LogP contribution in [0.4, 0.5) is 0 Å². The van der Waals surface area contributed by atoms with E-state index in [2.05, 4.69) is 10.1 Å². The Morgan fingerprint density at radius 2 is 2.08 bits per heavy atom. The van der Waals surface area contributed by atoms with Crippen molar-refractivity contribution in [2.75, 3.05) is 0 Å². The van der Waals surface area contributed by atoms with E-state index in [-0.39, 0.29) is 0 Å². The van der Waals surface area contributed by atoms with Gasteiger partial charge in [-0.15, -0.1) is 0 Å². The summed E-state index contributed by atoms with van der Waals surface area (Å²) >= 11 is 0. The first-order valence-electron chi connectivity index (χ1n) is 4.18. The van der Waals surface area contributed by atoms with Crippen LogP contribution in [-0.4, -0.2) is 14.8 Å². The minimum Gasteiger partial charge on any atom is -0.275 e. The SMILES string of the molecule is Cc1ccc(-c2ccn(C)n2)cn1. The lowest BCUT2D eigenvalue weighted by Gasteiger charge is -1.95. The lowest BCUT2D eigenvalue weighted by Crippen LogP contribution is -1.88. The normalized spacial score (nSPS) is 10.3. The zero-order valence-electron chi connectivity index (χ0n) is 7.73. The monoisotopic (exact) mass is 173 g/mol. The van der Waals surface area contributed by atoms with Crippen molar-refractivity contribution in [1.29, 1.82) is 0 Å². The Bertz CT molecular complexity index is 400. The maximum atomic E-state index is 4.29. The zero-order valence-corrected chi connectivity index (χ0v) is 7.73. The summed E-state index contributed by atoms with van der Waals surface area (Å²) in [5.41, 5.74) is 3.06. The second-order valence-corrected chi connectivity index (χ2v) is 3.06.